The number of rotatable bonds is 8. The van der Waals surface area contributed by atoms with Crippen molar-refractivity contribution in [3.8, 4) is 11.5 Å². The van der Waals surface area contributed by atoms with Gasteiger partial charge in [0, 0.05) is 15.4 Å². The van der Waals surface area contributed by atoms with E-state index in [0.29, 0.717) is 17.0 Å². The third-order valence-corrected chi connectivity index (χ3v) is 6.31. The van der Waals surface area contributed by atoms with Gasteiger partial charge in [-0.15, -0.1) is 22.7 Å². The molecule has 0 bridgehead atoms. The summed E-state index contributed by atoms with van der Waals surface area (Å²) in [5.41, 5.74) is 1.01. The van der Waals surface area contributed by atoms with Crippen molar-refractivity contribution in [3.05, 3.63) is 99.4 Å². The molecule has 1 N–H and O–H groups in total. The zero-order valence-corrected chi connectivity index (χ0v) is 19.4. The Hall–Kier alpha value is -3.68. The Balaban J connectivity index is 1.38. The van der Waals surface area contributed by atoms with Crippen LogP contribution in [-0.4, -0.2) is 18.0 Å². The molecule has 2 aromatic carbocycles. The average Bonchev–Trinajstić information content (AvgIpc) is 3.54. The zero-order chi connectivity index (χ0) is 23.0. The van der Waals surface area contributed by atoms with Crippen LogP contribution in [0.4, 0.5) is 5.69 Å². The van der Waals surface area contributed by atoms with Crippen molar-refractivity contribution < 1.29 is 19.1 Å². The summed E-state index contributed by atoms with van der Waals surface area (Å²) in [4.78, 5) is 27.2. The van der Waals surface area contributed by atoms with E-state index in [2.05, 4.69) is 5.32 Å². The molecule has 7 heteroatoms. The van der Waals surface area contributed by atoms with Crippen LogP contribution in [0, 0.1) is 0 Å². The lowest BCUT2D eigenvalue weighted by atomic mass is 10.2. The first-order valence-electron chi connectivity index (χ1n) is 10.2. The first-order chi connectivity index (χ1) is 16.1. The van der Waals surface area contributed by atoms with Crippen LogP contribution in [0.15, 0.2) is 89.6 Å². The van der Waals surface area contributed by atoms with Gasteiger partial charge < -0.3 is 14.8 Å². The van der Waals surface area contributed by atoms with Crippen molar-refractivity contribution in [2.75, 3.05) is 5.32 Å². The molecule has 0 aliphatic rings. The summed E-state index contributed by atoms with van der Waals surface area (Å²) in [6, 6.07) is 24.0. The molecule has 5 nitrogen and oxygen atoms in total. The van der Waals surface area contributed by atoms with Crippen molar-refractivity contribution in [1.82, 2.24) is 0 Å². The molecular formula is C26H21NO4S2. The maximum Gasteiger partial charge on any atom is 0.340 e. The number of carbonyl (C=O) groups is 2. The van der Waals surface area contributed by atoms with Gasteiger partial charge in [-0.05, 0) is 72.3 Å². The Bertz CT molecular complexity index is 1220. The number of anilines is 1. The molecule has 0 saturated carbocycles. The van der Waals surface area contributed by atoms with Crippen LogP contribution in [0.1, 0.15) is 16.7 Å². The quantitative estimate of drug-likeness (QED) is 0.227. The smallest absolute Gasteiger partial charge is 0.340 e. The number of nitrogens with one attached hydrogen (secondary N) is 1. The number of para-hydroxylation sites is 1. The van der Waals surface area contributed by atoms with E-state index in [9.17, 15) is 9.59 Å². The lowest BCUT2D eigenvalue weighted by Gasteiger charge is -2.15. The van der Waals surface area contributed by atoms with Gasteiger partial charge in [0.05, 0.1) is 5.57 Å². The summed E-state index contributed by atoms with van der Waals surface area (Å²) >= 11 is 2.97. The van der Waals surface area contributed by atoms with Crippen molar-refractivity contribution >= 4 is 51.9 Å². The molecule has 166 valence electrons. The van der Waals surface area contributed by atoms with Gasteiger partial charge in [-0.3, -0.25) is 4.79 Å². The number of benzene rings is 2. The van der Waals surface area contributed by atoms with Gasteiger partial charge in [0.1, 0.15) is 11.5 Å². The van der Waals surface area contributed by atoms with E-state index in [0.717, 1.165) is 15.5 Å². The number of ether oxygens (including phenoxy) is 2. The lowest BCUT2D eigenvalue weighted by Crippen LogP contribution is -2.30. The summed E-state index contributed by atoms with van der Waals surface area (Å²) in [5, 5.41) is 6.61. The van der Waals surface area contributed by atoms with Gasteiger partial charge in [-0.25, -0.2) is 4.79 Å². The van der Waals surface area contributed by atoms with Gasteiger partial charge in [-0.1, -0.05) is 30.3 Å². The Morgan fingerprint density at radius 1 is 0.848 bits per heavy atom. The SMILES string of the molecule is CC(OC(=O)/C(=C/c1cccs1)c1cccs1)C(=O)Nc1ccc(Oc2ccccc2)cc1. The van der Waals surface area contributed by atoms with Gasteiger partial charge >= 0.3 is 5.97 Å². The van der Waals surface area contributed by atoms with E-state index in [-0.39, 0.29) is 0 Å². The molecule has 0 aliphatic carbocycles. The van der Waals surface area contributed by atoms with Gasteiger partial charge in [0.2, 0.25) is 0 Å². The van der Waals surface area contributed by atoms with E-state index in [1.54, 1.807) is 37.3 Å². The summed E-state index contributed by atoms with van der Waals surface area (Å²) in [6.07, 6.45) is 0.819. The van der Waals surface area contributed by atoms with Crippen molar-refractivity contribution in [2.24, 2.45) is 0 Å². The van der Waals surface area contributed by atoms with E-state index in [1.807, 2.05) is 65.4 Å². The predicted octanol–water partition coefficient (Wildman–Crippen LogP) is 6.71. The van der Waals surface area contributed by atoms with Crippen molar-refractivity contribution in [3.63, 3.8) is 0 Å². The van der Waals surface area contributed by atoms with E-state index in [4.69, 9.17) is 9.47 Å². The lowest BCUT2D eigenvalue weighted by molar-refractivity contribution is -0.147. The van der Waals surface area contributed by atoms with Crippen LogP contribution >= 0.6 is 22.7 Å². The van der Waals surface area contributed by atoms with Crippen LogP contribution in [0.2, 0.25) is 0 Å². The zero-order valence-electron chi connectivity index (χ0n) is 17.8. The molecule has 0 saturated heterocycles. The monoisotopic (exact) mass is 475 g/mol. The molecule has 33 heavy (non-hydrogen) atoms. The average molecular weight is 476 g/mol. The summed E-state index contributed by atoms with van der Waals surface area (Å²) < 4.78 is 11.2. The van der Waals surface area contributed by atoms with Gasteiger partial charge in [-0.2, -0.15) is 0 Å². The third-order valence-electron chi connectivity index (χ3n) is 4.59. The number of amides is 1. The Labute approximate surface area is 199 Å². The molecule has 1 atom stereocenters. The number of thiophene rings is 2. The number of hydrogen-bond acceptors (Lipinski definition) is 6. The highest BCUT2D eigenvalue weighted by Gasteiger charge is 2.22. The van der Waals surface area contributed by atoms with Crippen molar-refractivity contribution in [1.29, 1.82) is 0 Å². The first-order valence-corrected chi connectivity index (χ1v) is 12.0. The van der Waals surface area contributed by atoms with Gasteiger partial charge in [0.15, 0.2) is 6.10 Å². The normalized spacial score (nSPS) is 12.1. The van der Waals surface area contributed by atoms with E-state index >= 15 is 0 Å². The molecule has 0 radical (unpaired) electrons. The maximum atomic E-state index is 12.9. The molecule has 4 rings (SSSR count). The van der Waals surface area contributed by atoms with Crippen LogP contribution < -0.4 is 10.1 Å². The Kier molecular flexibility index (Phi) is 7.34. The largest absolute Gasteiger partial charge is 0.457 e. The Morgan fingerprint density at radius 2 is 1.55 bits per heavy atom. The Morgan fingerprint density at radius 3 is 2.21 bits per heavy atom. The third kappa shape index (κ3) is 6.19. The molecule has 0 spiro atoms. The van der Waals surface area contributed by atoms with Gasteiger partial charge in [0.25, 0.3) is 5.91 Å². The fourth-order valence-electron chi connectivity index (χ4n) is 2.93. The van der Waals surface area contributed by atoms with Crippen molar-refractivity contribution in [2.45, 2.75) is 13.0 Å². The molecule has 0 fully saturated rings. The summed E-state index contributed by atoms with van der Waals surface area (Å²) in [6.45, 7) is 1.55. The summed E-state index contributed by atoms with van der Waals surface area (Å²) in [7, 11) is 0. The number of carbonyl (C=O) groups excluding carboxylic acids is 2. The summed E-state index contributed by atoms with van der Waals surface area (Å²) in [5.74, 6) is 0.423. The fraction of sp³-hybridized carbons (Fsp3) is 0.0769. The topological polar surface area (TPSA) is 64.6 Å². The van der Waals surface area contributed by atoms with Crippen LogP contribution in [-0.2, 0) is 14.3 Å². The highest BCUT2D eigenvalue weighted by Crippen LogP contribution is 2.27. The predicted molar refractivity (Wildman–Crippen MR) is 134 cm³/mol. The van der Waals surface area contributed by atoms with E-state index in [1.165, 1.54) is 22.7 Å². The molecular weight excluding hydrogens is 454 g/mol. The van der Waals surface area contributed by atoms with Crippen LogP contribution in [0.5, 0.6) is 11.5 Å². The molecule has 1 amide bonds. The second-order valence-electron chi connectivity index (χ2n) is 7.03. The molecule has 2 heterocycles. The molecule has 4 aromatic rings. The molecule has 1 unspecified atom stereocenters. The maximum absolute atomic E-state index is 12.9. The second kappa shape index (κ2) is 10.8. The number of hydrogen-bond donors (Lipinski definition) is 1. The standard InChI is InChI=1S/C26H21NO4S2/c1-18(30-26(29)23(24-10-6-16-33-24)17-22-9-5-15-32-22)25(28)27-19-11-13-21(14-12-19)31-20-7-3-2-4-8-20/h2-18H,1H3,(H,27,28)/b23-17+. The fourth-order valence-corrected chi connectivity index (χ4v) is 4.32. The highest BCUT2D eigenvalue weighted by atomic mass is 32.1. The van der Waals surface area contributed by atoms with Crippen LogP contribution in [0.3, 0.4) is 0 Å². The van der Waals surface area contributed by atoms with Crippen LogP contribution in [0.25, 0.3) is 11.6 Å². The highest BCUT2D eigenvalue weighted by molar-refractivity contribution is 7.12. The second-order valence-corrected chi connectivity index (χ2v) is 8.95. The minimum Gasteiger partial charge on any atom is -0.457 e. The first kappa shape index (κ1) is 22.5. The number of esters is 1. The minimum absolute atomic E-state index is 0.415. The molecule has 0 aliphatic heterocycles. The van der Waals surface area contributed by atoms with E-state index < -0.39 is 18.0 Å². The molecule has 2 aromatic heterocycles. The minimum atomic E-state index is -0.968.